The first kappa shape index (κ1) is 15.9. The van der Waals surface area contributed by atoms with Crippen LogP contribution in [0, 0.1) is 6.92 Å². The molecule has 112 valence electrons. The van der Waals surface area contributed by atoms with Crippen molar-refractivity contribution in [3.05, 3.63) is 65.2 Å². The lowest BCUT2D eigenvalue weighted by molar-refractivity contribution is -0.137. The summed E-state index contributed by atoms with van der Waals surface area (Å²) in [4.78, 5) is 1.03. The van der Waals surface area contributed by atoms with E-state index in [-0.39, 0.29) is 0 Å². The van der Waals surface area contributed by atoms with Crippen molar-refractivity contribution < 1.29 is 18.3 Å². The van der Waals surface area contributed by atoms with E-state index >= 15 is 0 Å². The summed E-state index contributed by atoms with van der Waals surface area (Å²) in [7, 11) is 0. The summed E-state index contributed by atoms with van der Waals surface area (Å²) >= 11 is 1.48. The topological polar surface area (TPSA) is 20.2 Å². The van der Waals surface area contributed by atoms with E-state index in [0.29, 0.717) is 11.3 Å². The number of rotatable bonds is 4. The fraction of sp³-hybridized carbons (Fsp3) is 0.250. The summed E-state index contributed by atoms with van der Waals surface area (Å²) in [5, 5.41) is 10.0. The Balaban J connectivity index is 1.99. The van der Waals surface area contributed by atoms with Crippen molar-refractivity contribution in [3.8, 4) is 0 Å². The summed E-state index contributed by atoms with van der Waals surface area (Å²) < 4.78 is 37.4. The maximum Gasteiger partial charge on any atom is 0.416 e. The van der Waals surface area contributed by atoms with Crippen LogP contribution in [-0.2, 0) is 6.18 Å². The minimum Gasteiger partial charge on any atom is -0.388 e. The molecule has 1 atom stereocenters. The Bertz CT molecular complexity index is 593. The fourth-order valence-electron chi connectivity index (χ4n) is 1.87. The third-order valence-corrected chi connectivity index (χ3v) is 4.09. The smallest absolute Gasteiger partial charge is 0.388 e. The molecule has 0 amide bonds. The predicted molar refractivity (Wildman–Crippen MR) is 78.3 cm³/mol. The second-order valence-corrected chi connectivity index (χ2v) is 5.86. The highest BCUT2D eigenvalue weighted by Crippen LogP contribution is 2.31. The molecule has 0 fully saturated rings. The second kappa shape index (κ2) is 6.54. The Hall–Kier alpha value is -1.46. The number of aryl methyl sites for hydroxylation is 1. The minimum atomic E-state index is -4.35. The molecule has 2 rings (SSSR count). The molecule has 0 aliphatic rings. The van der Waals surface area contributed by atoms with Gasteiger partial charge in [0.15, 0.2) is 0 Å². The molecule has 0 heterocycles. The second-order valence-electron chi connectivity index (χ2n) is 4.76. The van der Waals surface area contributed by atoms with E-state index in [1.54, 1.807) is 0 Å². The van der Waals surface area contributed by atoms with Crippen LogP contribution >= 0.6 is 11.8 Å². The SMILES string of the molecule is Cc1cccc(SCC(O)c2ccc(C(F)(F)F)cc2)c1. The van der Waals surface area contributed by atoms with Crippen molar-refractivity contribution in [1.29, 1.82) is 0 Å². The number of aliphatic hydroxyl groups is 1. The van der Waals surface area contributed by atoms with E-state index < -0.39 is 17.8 Å². The van der Waals surface area contributed by atoms with Crippen LogP contribution < -0.4 is 0 Å². The number of hydrogen-bond donors (Lipinski definition) is 1. The molecule has 2 aromatic carbocycles. The molecule has 1 N–H and O–H groups in total. The van der Waals surface area contributed by atoms with Crippen molar-refractivity contribution >= 4 is 11.8 Å². The van der Waals surface area contributed by atoms with Gasteiger partial charge in [0, 0.05) is 10.6 Å². The molecule has 1 unspecified atom stereocenters. The molecule has 0 aliphatic heterocycles. The van der Waals surface area contributed by atoms with Gasteiger partial charge in [0.25, 0.3) is 0 Å². The minimum absolute atomic E-state index is 0.398. The zero-order valence-electron chi connectivity index (χ0n) is 11.4. The van der Waals surface area contributed by atoms with Gasteiger partial charge in [-0.2, -0.15) is 13.2 Å². The van der Waals surface area contributed by atoms with Crippen molar-refractivity contribution in [3.63, 3.8) is 0 Å². The first-order valence-corrected chi connectivity index (χ1v) is 7.39. The van der Waals surface area contributed by atoms with Gasteiger partial charge in [0.05, 0.1) is 11.7 Å². The highest BCUT2D eigenvalue weighted by molar-refractivity contribution is 7.99. The maximum atomic E-state index is 12.5. The summed E-state index contributed by atoms with van der Waals surface area (Å²) in [6.45, 7) is 1.98. The largest absolute Gasteiger partial charge is 0.416 e. The van der Waals surface area contributed by atoms with E-state index in [1.165, 1.54) is 23.9 Å². The first-order chi connectivity index (χ1) is 9.86. The van der Waals surface area contributed by atoms with Crippen molar-refractivity contribution in [1.82, 2.24) is 0 Å². The lowest BCUT2D eigenvalue weighted by atomic mass is 10.1. The molecule has 2 aromatic rings. The van der Waals surface area contributed by atoms with Gasteiger partial charge in [-0.3, -0.25) is 0 Å². The van der Waals surface area contributed by atoms with Crippen molar-refractivity contribution in [2.24, 2.45) is 0 Å². The van der Waals surface area contributed by atoms with Gasteiger partial charge >= 0.3 is 6.18 Å². The summed E-state index contributed by atoms with van der Waals surface area (Å²) in [5.74, 6) is 0.398. The Labute approximate surface area is 125 Å². The Morgan fingerprint density at radius 3 is 2.33 bits per heavy atom. The van der Waals surface area contributed by atoms with E-state index in [0.717, 1.165) is 22.6 Å². The Kier molecular flexibility index (Phi) is 4.96. The van der Waals surface area contributed by atoms with Crippen LogP contribution in [0.2, 0.25) is 0 Å². The maximum absolute atomic E-state index is 12.5. The summed E-state index contributed by atoms with van der Waals surface area (Å²) in [6.07, 6.45) is -5.14. The van der Waals surface area contributed by atoms with Gasteiger partial charge in [-0.25, -0.2) is 0 Å². The van der Waals surface area contributed by atoms with Crippen molar-refractivity contribution in [2.75, 3.05) is 5.75 Å². The molecule has 0 bridgehead atoms. The van der Waals surface area contributed by atoms with Crippen LogP contribution in [0.5, 0.6) is 0 Å². The predicted octanol–water partition coefficient (Wildman–Crippen LogP) is 4.84. The Morgan fingerprint density at radius 1 is 1.10 bits per heavy atom. The van der Waals surface area contributed by atoms with Crippen LogP contribution in [-0.4, -0.2) is 10.9 Å². The quantitative estimate of drug-likeness (QED) is 0.815. The third kappa shape index (κ3) is 4.51. The molecule has 21 heavy (non-hydrogen) atoms. The average Bonchev–Trinajstić information content (AvgIpc) is 2.44. The molecule has 0 aliphatic carbocycles. The van der Waals surface area contributed by atoms with Gasteiger partial charge in [-0.1, -0.05) is 29.8 Å². The molecule has 0 saturated heterocycles. The fourth-order valence-corrected chi connectivity index (χ4v) is 2.86. The highest BCUT2D eigenvalue weighted by Gasteiger charge is 2.30. The zero-order valence-corrected chi connectivity index (χ0v) is 12.2. The van der Waals surface area contributed by atoms with Crippen LogP contribution in [0.25, 0.3) is 0 Å². The van der Waals surface area contributed by atoms with Gasteiger partial charge < -0.3 is 5.11 Å². The number of benzene rings is 2. The molecular weight excluding hydrogens is 297 g/mol. The Morgan fingerprint density at radius 2 is 1.76 bits per heavy atom. The van der Waals surface area contributed by atoms with Gasteiger partial charge in [0.1, 0.15) is 0 Å². The molecule has 0 aromatic heterocycles. The highest BCUT2D eigenvalue weighted by atomic mass is 32.2. The number of alkyl halides is 3. The van der Waals surface area contributed by atoms with Crippen LogP contribution in [0.15, 0.2) is 53.4 Å². The van der Waals surface area contributed by atoms with E-state index in [9.17, 15) is 18.3 Å². The van der Waals surface area contributed by atoms with E-state index in [1.807, 2.05) is 31.2 Å². The normalized spacial score (nSPS) is 13.2. The monoisotopic (exact) mass is 312 g/mol. The van der Waals surface area contributed by atoms with E-state index in [2.05, 4.69) is 0 Å². The standard InChI is InChI=1S/C16H15F3OS/c1-11-3-2-4-14(9-11)21-10-15(20)12-5-7-13(8-6-12)16(17,18)19/h2-9,15,20H,10H2,1H3. The van der Waals surface area contributed by atoms with E-state index in [4.69, 9.17) is 0 Å². The van der Waals surface area contributed by atoms with Crippen molar-refractivity contribution in [2.45, 2.75) is 24.1 Å². The zero-order chi connectivity index (χ0) is 15.5. The summed E-state index contributed by atoms with van der Waals surface area (Å²) in [6, 6.07) is 12.5. The molecule has 5 heteroatoms. The van der Waals surface area contributed by atoms with Crippen LogP contribution in [0.1, 0.15) is 22.8 Å². The lowest BCUT2D eigenvalue weighted by Crippen LogP contribution is -2.06. The average molecular weight is 312 g/mol. The van der Waals surface area contributed by atoms with Gasteiger partial charge in [-0.05, 0) is 36.8 Å². The van der Waals surface area contributed by atoms with Crippen LogP contribution in [0.4, 0.5) is 13.2 Å². The third-order valence-electron chi connectivity index (χ3n) is 3.02. The lowest BCUT2D eigenvalue weighted by Gasteiger charge is -2.12. The number of halogens is 3. The molecule has 0 spiro atoms. The number of thioether (sulfide) groups is 1. The molecule has 0 saturated carbocycles. The molecule has 0 radical (unpaired) electrons. The van der Waals surface area contributed by atoms with Gasteiger partial charge in [-0.15, -0.1) is 11.8 Å². The first-order valence-electron chi connectivity index (χ1n) is 6.41. The van der Waals surface area contributed by atoms with Crippen LogP contribution in [0.3, 0.4) is 0 Å². The summed E-state index contributed by atoms with van der Waals surface area (Å²) in [5.41, 5.74) is 0.914. The molecule has 1 nitrogen and oxygen atoms in total. The van der Waals surface area contributed by atoms with Gasteiger partial charge in [0.2, 0.25) is 0 Å². The number of aliphatic hydroxyl groups excluding tert-OH is 1. The molecular formula is C16H15F3OS. The number of hydrogen-bond acceptors (Lipinski definition) is 2.